The molecule has 3 aromatic rings. The maximum atomic E-state index is 14.3. The van der Waals surface area contributed by atoms with Crippen LogP contribution in [-0.2, 0) is 4.79 Å². The van der Waals surface area contributed by atoms with Crippen molar-refractivity contribution in [1.82, 2.24) is 19.8 Å². The van der Waals surface area contributed by atoms with Gasteiger partial charge >= 0.3 is 0 Å². The predicted molar refractivity (Wildman–Crippen MR) is 134 cm³/mol. The van der Waals surface area contributed by atoms with Crippen molar-refractivity contribution < 1.29 is 18.7 Å². The van der Waals surface area contributed by atoms with Gasteiger partial charge in [-0.05, 0) is 37.7 Å². The molecule has 1 aliphatic heterocycles. The second-order valence-corrected chi connectivity index (χ2v) is 9.07. The van der Waals surface area contributed by atoms with Crippen molar-refractivity contribution in [1.29, 1.82) is 0 Å². The Balaban J connectivity index is 1.45. The number of aromatic nitrogens is 2. The Morgan fingerprint density at radius 1 is 1.17 bits per heavy atom. The van der Waals surface area contributed by atoms with Crippen LogP contribution >= 0.6 is 11.6 Å². The van der Waals surface area contributed by atoms with Gasteiger partial charge in [0, 0.05) is 55.1 Å². The number of methoxy groups -OCH3 is 1. The lowest BCUT2D eigenvalue weighted by Crippen LogP contribution is -2.46. The largest absolute Gasteiger partial charge is 0.493 e. The summed E-state index contributed by atoms with van der Waals surface area (Å²) in [7, 11) is 3.66. The number of aldehydes is 1. The molecule has 0 spiro atoms. The van der Waals surface area contributed by atoms with Gasteiger partial charge in [0.1, 0.15) is 24.2 Å². The Kier molecular flexibility index (Phi) is 8.33. The van der Waals surface area contributed by atoms with E-state index in [0.29, 0.717) is 46.3 Å². The highest BCUT2D eigenvalue weighted by atomic mass is 35.5. The molecule has 1 N–H and O–H groups in total. The molecular formula is C25H29ClFN5O3. The second-order valence-electron chi connectivity index (χ2n) is 8.63. The molecule has 186 valence electrons. The Labute approximate surface area is 209 Å². The first kappa shape index (κ1) is 25.1. The van der Waals surface area contributed by atoms with E-state index >= 15 is 0 Å². The highest BCUT2D eigenvalue weighted by Gasteiger charge is 2.19. The van der Waals surface area contributed by atoms with Crippen LogP contribution in [0.25, 0.3) is 10.9 Å². The van der Waals surface area contributed by atoms with Gasteiger partial charge in [-0.3, -0.25) is 0 Å². The van der Waals surface area contributed by atoms with Crippen LogP contribution in [0.4, 0.5) is 15.9 Å². The molecule has 1 saturated heterocycles. The number of likely N-dealkylation sites (N-methyl/N-ethyl adjacent to an activating group) is 1. The van der Waals surface area contributed by atoms with Crippen molar-refractivity contribution in [2.75, 3.05) is 58.8 Å². The smallest absolute Gasteiger partial charge is 0.163 e. The van der Waals surface area contributed by atoms with E-state index in [1.807, 2.05) is 0 Å². The molecule has 0 amide bonds. The summed E-state index contributed by atoms with van der Waals surface area (Å²) in [5.74, 6) is 0.851. The zero-order chi connectivity index (χ0) is 24.8. The molecule has 10 heteroatoms. The molecule has 1 aliphatic rings. The SMILES string of the molecule is COc1cc2c(Nc3ccc(Cl)cc3F)ncnc2cc1OCCC(C=O)CN1CCN(C)CC1. The third-order valence-corrected chi connectivity index (χ3v) is 6.37. The molecule has 1 aromatic heterocycles. The van der Waals surface area contributed by atoms with Gasteiger partial charge in [-0.2, -0.15) is 0 Å². The van der Waals surface area contributed by atoms with Gasteiger partial charge < -0.3 is 29.4 Å². The molecule has 0 radical (unpaired) electrons. The first-order valence-electron chi connectivity index (χ1n) is 11.5. The van der Waals surface area contributed by atoms with E-state index < -0.39 is 5.82 Å². The van der Waals surface area contributed by atoms with E-state index in [1.165, 1.54) is 12.4 Å². The Hall–Kier alpha value is -3.01. The number of fused-ring (bicyclic) bond motifs is 1. The average Bonchev–Trinajstić information content (AvgIpc) is 2.86. The maximum absolute atomic E-state index is 14.3. The lowest BCUT2D eigenvalue weighted by atomic mass is 10.1. The molecule has 2 aromatic carbocycles. The number of hydrogen-bond donors (Lipinski definition) is 1. The maximum Gasteiger partial charge on any atom is 0.163 e. The number of hydrogen-bond acceptors (Lipinski definition) is 8. The first-order chi connectivity index (χ1) is 17.0. The van der Waals surface area contributed by atoms with Crippen molar-refractivity contribution in [2.24, 2.45) is 5.92 Å². The molecule has 1 atom stereocenters. The number of piperazine rings is 1. The third kappa shape index (κ3) is 6.36. The van der Waals surface area contributed by atoms with Crippen LogP contribution in [0.15, 0.2) is 36.7 Å². The Bertz CT molecular complexity index is 1170. The minimum absolute atomic E-state index is 0.0998. The number of ether oxygens (including phenoxy) is 2. The van der Waals surface area contributed by atoms with E-state index in [1.54, 1.807) is 31.4 Å². The lowest BCUT2D eigenvalue weighted by Gasteiger charge is -2.33. The fourth-order valence-corrected chi connectivity index (χ4v) is 4.20. The summed E-state index contributed by atoms with van der Waals surface area (Å²) in [5, 5.41) is 3.95. The Morgan fingerprint density at radius 3 is 2.69 bits per heavy atom. The van der Waals surface area contributed by atoms with Crippen LogP contribution in [0.1, 0.15) is 6.42 Å². The van der Waals surface area contributed by atoms with Crippen LogP contribution in [-0.4, -0.2) is 79.5 Å². The molecule has 1 unspecified atom stereocenters. The molecule has 2 heterocycles. The standard InChI is InChI=1S/C25H29ClFN5O3/c1-31-6-8-32(9-7-31)14-17(15-33)5-10-35-24-13-22-19(12-23(24)34-2)25(29-16-28-22)30-21-4-3-18(26)11-20(21)27/h3-4,11-13,15-17H,5-10,14H2,1-2H3,(H,28,29,30). The molecule has 1 fully saturated rings. The van der Waals surface area contributed by atoms with E-state index in [9.17, 15) is 9.18 Å². The number of rotatable bonds is 10. The van der Waals surface area contributed by atoms with Crippen molar-refractivity contribution in [2.45, 2.75) is 6.42 Å². The van der Waals surface area contributed by atoms with Crippen LogP contribution in [0.5, 0.6) is 11.5 Å². The monoisotopic (exact) mass is 501 g/mol. The van der Waals surface area contributed by atoms with Crippen molar-refractivity contribution in [3.05, 3.63) is 47.5 Å². The highest BCUT2D eigenvalue weighted by molar-refractivity contribution is 6.30. The van der Waals surface area contributed by atoms with Gasteiger partial charge in [-0.25, -0.2) is 14.4 Å². The molecule has 4 rings (SSSR count). The second kappa shape index (κ2) is 11.6. The number of carbonyl (C=O) groups excluding carboxylic acids is 1. The van der Waals surface area contributed by atoms with Gasteiger partial charge in [-0.1, -0.05) is 11.6 Å². The zero-order valence-electron chi connectivity index (χ0n) is 19.8. The summed E-state index contributed by atoms with van der Waals surface area (Å²) < 4.78 is 25.8. The van der Waals surface area contributed by atoms with Crippen molar-refractivity contribution >= 4 is 40.3 Å². The lowest BCUT2D eigenvalue weighted by molar-refractivity contribution is -0.112. The average molecular weight is 502 g/mol. The van der Waals surface area contributed by atoms with E-state index in [0.717, 1.165) is 39.0 Å². The summed E-state index contributed by atoms with van der Waals surface area (Å²) >= 11 is 5.85. The van der Waals surface area contributed by atoms with Crippen molar-refractivity contribution in [3.63, 3.8) is 0 Å². The third-order valence-electron chi connectivity index (χ3n) is 6.13. The zero-order valence-corrected chi connectivity index (χ0v) is 20.6. The quantitative estimate of drug-likeness (QED) is 0.417. The van der Waals surface area contributed by atoms with E-state index in [-0.39, 0.29) is 11.6 Å². The first-order valence-corrected chi connectivity index (χ1v) is 11.9. The molecule has 0 aliphatic carbocycles. The fraction of sp³-hybridized carbons (Fsp3) is 0.400. The van der Waals surface area contributed by atoms with Crippen molar-refractivity contribution in [3.8, 4) is 11.5 Å². The van der Waals surface area contributed by atoms with Gasteiger partial charge in [0.2, 0.25) is 0 Å². The van der Waals surface area contributed by atoms with Crippen LogP contribution in [0, 0.1) is 11.7 Å². The fourth-order valence-electron chi connectivity index (χ4n) is 4.04. The van der Waals surface area contributed by atoms with Crippen LogP contribution in [0.3, 0.4) is 0 Å². The number of anilines is 2. The molecule has 35 heavy (non-hydrogen) atoms. The molecular weight excluding hydrogens is 473 g/mol. The molecule has 8 nitrogen and oxygen atoms in total. The summed E-state index contributed by atoms with van der Waals surface area (Å²) in [6.07, 6.45) is 3.01. The van der Waals surface area contributed by atoms with Crippen LogP contribution < -0.4 is 14.8 Å². The summed E-state index contributed by atoms with van der Waals surface area (Å²) in [5.41, 5.74) is 0.853. The summed E-state index contributed by atoms with van der Waals surface area (Å²) in [6, 6.07) is 7.89. The number of halogens is 2. The highest BCUT2D eigenvalue weighted by Crippen LogP contribution is 2.35. The minimum Gasteiger partial charge on any atom is -0.493 e. The van der Waals surface area contributed by atoms with Gasteiger partial charge in [0.25, 0.3) is 0 Å². The van der Waals surface area contributed by atoms with Crippen LogP contribution in [0.2, 0.25) is 5.02 Å². The minimum atomic E-state index is -0.488. The topological polar surface area (TPSA) is 79.8 Å². The van der Waals surface area contributed by atoms with Gasteiger partial charge in [0.05, 0.1) is 24.9 Å². The summed E-state index contributed by atoms with van der Waals surface area (Å²) in [4.78, 5) is 24.8. The summed E-state index contributed by atoms with van der Waals surface area (Å²) in [6.45, 7) is 5.07. The normalized spacial score (nSPS) is 15.7. The number of carbonyl (C=O) groups is 1. The predicted octanol–water partition coefficient (Wildman–Crippen LogP) is 4.01. The number of nitrogens with one attached hydrogen (secondary N) is 1. The Morgan fingerprint density at radius 2 is 1.97 bits per heavy atom. The van der Waals surface area contributed by atoms with E-state index in [4.69, 9.17) is 21.1 Å². The number of nitrogens with zero attached hydrogens (tertiary/aromatic N) is 4. The molecule has 0 bridgehead atoms. The van der Waals surface area contributed by atoms with Gasteiger partial charge in [0.15, 0.2) is 11.5 Å². The van der Waals surface area contributed by atoms with Gasteiger partial charge in [-0.15, -0.1) is 0 Å². The number of benzene rings is 2. The van der Waals surface area contributed by atoms with E-state index in [2.05, 4.69) is 32.1 Å². The molecule has 0 saturated carbocycles.